The van der Waals surface area contributed by atoms with Crippen LogP contribution in [0.15, 0.2) is 77.4 Å². The van der Waals surface area contributed by atoms with Gasteiger partial charge < -0.3 is 9.84 Å². The van der Waals surface area contributed by atoms with Crippen molar-refractivity contribution in [2.24, 2.45) is 17.8 Å². The maximum absolute atomic E-state index is 14.0. The van der Waals surface area contributed by atoms with Crippen molar-refractivity contribution >= 4 is 46.7 Å². The third-order valence-electron chi connectivity index (χ3n) is 8.55. The largest absolute Gasteiger partial charge is 0.503 e. The number of imide groups is 1. The molecule has 3 aliphatic carbocycles. The van der Waals surface area contributed by atoms with Crippen LogP contribution in [0.2, 0.25) is 5.02 Å². The van der Waals surface area contributed by atoms with Crippen LogP contribution in [0.3, 0.4) is 0 Å². The van der Waals surface area contributed by atoms with Gasteiger partial charge in [-0.15, -0.1) is 0 Å². The molecule has 0 spiro atoms. The van der Waals surface area contributed by atoms with Crippen LogP contribution in [0, 0.1) is 17.8 Å². The van der Waals surface area contributed by atoms with Gasteiger partial charge in [-0.1, -0.05) is 48.0 Å². The number of rotatable bonds is 4. The van der Waals surface area contributed by atoms with Gasteiger partial charge >= 0.3 is 0 Å². The first kappa shape index (κ1) is 26.0. The van der Waals surface area contributed by atoms with E-state index in [2.05, 4.69) is 6.58 Å². The molecule has 2 amide bonds. The molecule has 0 bridgehead atoms. The molecule has 7 nitrogen and oxygen atoms in total. The summed E-state index contributed by atoms with van der Waals surface area (Å²) in [6.07, 6.45) is 5.47. The Hall–Kier alpha value is -4.23. The number of ketones is 2. The molecule has 1 heterocycles. The van der Waals surface area contributed by atoms with E-state index in [1.165, 1.54) is 18.1 Å². The number of aromatic hydroxyl groups is 1. The molecule has 2 aromatic rings. The van der Waals surface area contributed by atoms with Crippen LogP contribution in [0.4, 0.5) is 5.69 Å². The fourth-order valence-electron chi connectivity index (χ4n) is 6.69. The summed E-state index contributed by atoms with van der Waals surface area (Å²) in [7, 11) is 1.40. The highest BCUT2D eigenvalue weighted by molar-refractivity contribution is 6.32. The molecule has 1 aliphatic heterocycles. The number of phenols is 1. The van der Waals surface area contributed by atoms with Crippen LogP contribution >= 0.6 is 11.6 Å². The van der Waals surface area contributed by atoms with Gasteiger partial charge in [0.2, 0.25) is 11.8 Å². The molecule has 4 unspecified atom stereocenters. The number of hydrogen-bond acceptors (Lipinski definition) is 6. The predicted octanol–water partition coefficient (Wildman–Crippen LogP) is 5.33. The van der Waals surface area contributed by atoms with Gasteiger partial charge in [-0.3, -0.25) is 24.1 Å². The zero-order valence-electron chi connectivity index (χ0n) is 21.9. The molecular weight excluding hydrogens is 530 g/mol. The van der Waals surface area contributed by atoms with Gasteiger partial charge in [0.05, 0.1) is 29.7 Å². The average molecular weight is 556 g/mol. The van der Waals surface area contributed by atoms with E-state index in [1.54, 1.807) is 49.4 Å². The molecule has 4 atom stereocenters. The number of Topliss-reactive ketones (excluding diaryl/α,β-unsaturated/α-hetero) is 1. The second-order valence-electron chi connectivity index (χ2n) is 10.6. The maximum Gasteiger partial charge on any atom is 0.238 e. The monoisotopic (exact) mass is 555 g/mol. The van der Waals surface area contributed by atoms with Gasteiger partial charge in [-0.05, 0) is 67.2 Å². The van der Waals surface area contributed by atoms with Crippen molar-refractivity contribution in [3.05, 3.63) is 93.6 Å². The lowest BCUT2D eigenvalue weighted by atomic mass is 9.59. The summed E-state index contributed by atoms with van der Waals surface area (Å²) in [5.74, 6) is -3.65. The van der Waals surface area contributed by atoms with Gasteiger partial charge in [-0.2, -0.15) is 0 Å². The standard InChI is InChI=1S/C32H26ClNO6/c1-4-16-5-7-18(8-6-16)34-31(38)20-10-9-19-21(27(20)32(34)39)14-22-28(24(35)11-15(2)29(22)36)26(19)17-12-23(33)30(37)25(13-17)40-3/h4-9,11-13,20-21,26-27,37H,1,10,14H2,2-3H3. The number of phenolic OH excluding ortho intramolecular Hbond substituents is 1. The molecule has 1 fully saturated rings. The zero-order valence-corrected chi connectivity index (χ0v) is 22.7. The first-order valence-corrected chi connectivity index (χ1v) is 13.4. The molecular formula is C32H26ClNO6. The fourth-order valence-corrected chi connectivity index (χ4v) is 6.91. The molecule has 2 aromatic carbocycles. The normalized spacial score (nSPS) is 25.7. The highest BCUT2D eigenvalue weighted by atomic mass is 35.5. The molecule has 0 aromatic heterocycles. The molecule has 1 saturated heterocycles. The Morgan fingerprint density at radius 2 is 1.80 bits per heavy atom. The molecule has 1 N–H and O–H groups in total. The minimum absolute atomic E-state index is 0.0375. The summed E-state index contributed by atoms with van der Waals surface area (Å²) in [6, 6.07) is 10.2. The van der Waals surface area contributed by atoms with Crippen molar-refractivity contribution in [3.8, 4) is 11.5 Å². The number of benzene rings is 2. The third kappa shape index (κ3) is 3.72. The molecule has 0 saturated carbocycles. The second kappa shape index (κ2) is 9.45. The van der Waals surface area contributed by atoms with Crippen LogP contribution in [0.5, 0.6) is 11.5 Å². The number of carbonyl (C=O) groups excluding carboxylic acids is 4. The van der Waals surface area contributed by atoms with Gasteiger partial charge in [0, 0.05) is 22.6 Å². The van der Waals surface area contributed by atoms with Crippen molar-refractivity contribution < 1.29 is 29.0 Å². The van der Waals surface area contributed by atoms with E-state index in [4.69, 9.17) is 16.3 Å². The Labute approximate surface area is 236 Å². The lowest BCUT2D eigenvalue weighted by molar-refractivity contribution is -0.123. The van der Waals surface area contributed by atoms with Gasteiger partial charge in [0.25, 0.3) is 0 Å². The minimum Gasteiger partial charge on any atom is -0.503 e. The van der Waals surface area contributed by atoms with E-state index < -0.39 is 23.7 Å². The summed E-state index contributed by atoms with van der Waals surface area (Å²) in [5.41, 5.74) is 3.74. The van der Waals surface area contributed by atoms with E-state index >= 15 is 0 Å². The summed E-state index contributed by atoms with van der Waals surface area (Å²) >= 11 is 6.35. The van der Waals surface area contributed by atoms with Gasteiger partial charge in [-0.25, -0.2) is 0 Å². The van der Waals surface area contributed by atoms with E-state index in [-0.39, 0.29) is 46.3 Å². The van der Waals surface area contributed by atoms with Crippen LogP contribution in [0.1, 0.15) is 36.8 Å². The summed E-state index contributed by atoms with van der Waals surface area (Å²) in [6.45, 7) is 5.36. The predicted molar refractivity (Wildman–Crippen MR) is 150 cm³/mol. The molecule has 0 radical (unpaired) electrons. The number of allylic oxidation sites excluding steroid dienone is 6. The van der Waals surface area contributed by atoms with Gasteiger partial charge in [0.1, 0.15) is 0 Å². The number of methoxy groups -OCH3 is 1. The Balaban J connectivity index is 1.49. The van der Waals surface area contributed by atoms with Crippen molar-refractivity contribution in [1.82, 2.24) is 0 Å². The van der Waals surface area contributed by atoms with Crippen molar-refractivity contribution in [2.75, 3.05) is 12.0 Å². The first-order chi connectivity index (χ1) is 19.2. The highest BCUT2D eigenvalue weighted by Gasteiger charge is 2.56. The summed E-state index contributed by atoms with van der Waals surface area (Å²) in [5, 5.41) is 10.4. The summed E-state index contributed by atoms with van der Waals surface area (Å²) in [4.78, 5) is 55.7. The number of ether oxygens (including phenoxy) is 1. The second-order valence-corrected chi connectivity index (χ2v) is 11.0. The lowest BCUT2D eigenvalue weighted by Crippen LogP contribution is -2.39. The lowest BCUT2D eigenvalue weighted by Gasteiger charge is -2.42. The van der Waals surface area contributed by atoms with E-state index in [1.807, 2.05) is 6.08 Å². The number of carbonyl (C=O) groups is 4. The molecule has 6 rings (SSSR count). The van der Waals surface area contributed by atoms with Crippen molar-refractivity contribution in [1.29, 1.82) is 0 Å². The topological polar surface area (TPSA) is 101 Å². The van der Waals surface area contributed by atoms with Crippen LogP contribution < -0.4 is 9.64 Å². The van der Waals surface area contributed by atoms with E-state index in [9.17, 15) is 24.3 Å². The Kier molecular flexibility index (Phi) is 6.15. The molecule has 40 heavy (non-hydrogen) atoms. The Morgan fingerprint density at radius 1 is 1.07 bits per heavy atom. The smallest absolute Gasteiger partial charge is 0.238 e. The SMILES string of the molecule is C=Cc1ccc(N2C(=O)C3CC=C4C(c5cc(Cl)c(O)c(OC)c5)C5=C(CC4C3C2=O)C(=O)C(C)=CC5=O)cc1. The molecule has 8 heteroatoms. The quantitative estimate of drug-likeness (QED) is 0.311. The number of nitrogens with zero attached hydrogens (tertiary/aromatic N) is 1. The number of halogens is 1. The average Bonchev–Trinajstić information content (AvgIpc) is 3.21. The van der Waals surface area contributed by atoms with Crippen LogP contribution in [-0.4, -0.2) is 35.6 Å². The maximum atomic E-state index is 14.0. The minimum atomic E-state index is -0.689. The first-order valence-electron chi connectivity index (χ1n) is 13.0. The fraction of sp³-hybridized carbons (Fsp3) is 0.250. The zero-order chi connectivity index (χ0) is 28.5. The third-order valence-corrected chi connectivity index (χ3v) is 8.84. The van der Waals surface area contributed by atoms with Crippen LogP contribution in [0.25, 0.3) is 6.08 Å². The van der Waals surface area contributed by atoms with Gasteiger partial charge in [0.15, 0.2) is 23.1 Å². The summed E-state index contributed by atoms with van der Waals surface area (Å²) < 4.78 is 5.33. The van der Waals surface area contributed by atoms with E-state index in [0.717, 1.165) is 11.1 Å². The number of hydrogen-bond donors (Lipinski definition) is 1. The number of anilines is 1. The highest BCUT2D eigenvalue weighted by Crippen LogP contribution is 2.56. The Morgan fingerprint density at radius 3 is 2.48 bits per heavy atom. The van der Waals surface area contributed by atoms with Crippen molar-refractivity contribution in [2.45, 2.75) is 25.7 Å². The molecule has 202 valence electrons. The Bertz CT molecular complexity index is 1630. The van der Waals surface area contributed by atoms with E-state index in [0.29, 0.717) is 34.4 Å². The molecule has 4 aliphatic rings. The van der Waals surface area contributed by atoms with Crippen LogP contribution in [-0.2, 0) is 19.2 Å². The van der Waals surface area contributed by atoms with Crippen molar-refractivity contribution in [3.63, 3.8) is 0 Å². The number of fused-ring (bicyclic) bond motifs is 3. The number of amides is 2.